The van der Waals surface area contributed by atoms with Gasteiger partial charge >= 0.3 is 0 Å². The Balaban J connectivity index is 1.11. The van der Waals surface area contributed by atoms with Crippen LogP contribution in [0, 0.1) is 0 Å². The van der Waals surface area contributed by atoms with Crippen molar-refractivity contribution < 1.29 is 4.42 Å². The van der Waals surface area contributed by atoms with Gasteiger partial charge in [0.05, 0.1) is 0 Å². The van der Waals surface area contributed by atoms with Gasteiger partial charge < -0.3 is 9.73 Å². The summed E-state index contributed by atoms with van der Waals surface area (Å²) >= 11 is 0. The van der Waals surface area contributed by atoms with E-state index in [9.17, 15) is 0 Å². The summed E-state index contributed by atoms with van der Waals surface area (Å²) in [6.07, 6.45) is -0.314. The normalized spacial score (nSPS) is 14.3. The molecule has 0 fully saturated rings. The summed E-state index contributed by atoms with van der Waals surface area (Å²) in [6.45, 7) is 0. The Morgan fingerprint density at radius 2 is 0.980 bits per heavy atom. The monoisotopic (exact) mass is 629 g/mol. The molecule has 4 heteroatoms. The number of aliphatic imine (C=N–C) groups is 2. The summed E-state index contributed by atoms with van der Waals surface area (Å²) in [5.41, 5.74) is 11.7. The Labute approximate surface area is 284 Å². The molecule has 0 spiro atoms. The van der Waals surface area contributed by atoms with Crippen molar-refractivity contribution in [2.75, 3.05) is 0 Å². The fraction of sp³-hybridized carbons (Fsp3) is 0.0222. The molecule has 1 N–H and O–H groups in total. The summed E-state index contributed by atoms with van der Waals surface area (Å²) in [7, 11) is 0. The summed E-state index contributed by atoms with van der Waals surface area (Å²) in [5.74, 6) is 1.46. The van der Waals surface area contributed by atoms with E-state index in [0.717, 1.165) is 55.6 Å². The molecule has 0 radical (unpaired) electrons. The van der Waals surface area contributed by atoms with Crippen molar-refractivity contribution in [2.24, 2.45) is 9.98 Å². The number of rotatable bonds is 6. The third kappa shape index (κ3) is 5.49. The van der Waals surface area contributed by atoms with Crippen molar-refractivity contribution in [1.29, 1.82) is 0 Å². The first kappa shape index (κ1) is 28.7. The SMILES string of the molecule is c1ccc(C2=NC(c3cccc4oc5cc(-c6ccc(-c7ccccc7)cc6)ccc5c34)=NC(c3ccc(-c4ccccc4)cc3)N2)cc1. The van der Waals surface area contributed by atoms with Crippen LogP contribution in [0.4, 0.5) is 0 Å². The lowest BCUT2D eigenvalue weighted by molar-refractivity contribution is 0.668. The number of benzene rings is 7. The second-order valence-corrected chi connectivity index (χ2v) is 12.2. The van der Waals surface area contributed by atoms with Gasteiger partial charge in [-0.05, 0) is 57.1 Å². The number of furan rings is 1. The zero-order valence-electron chi connectivity index (χ0n) is 26.6. The van der Waals surface area contributed by atoms with Gasteiger partial charge in [-0.25, -0.2) is 9.98 Å². The molecule has 9 rings (SSSR count). The average molecular weight is 630 g/mol. The molecule has 1 aromatic heterocycles. The molecule has 1 aliphatic rings. The summed E-state index contributed by atoms with van der Waals surface area (Å²) in [4.78, 5) is 10.3. The molecule has 0 bridgehead atoms. The molecule has 4 nitrogen and oxygen atoms in total. The molecule has 232 valence electrons. The molecule has 49 heavy (non-hydrogen) atoms. The highest BCUT2D eigenvalue weighted by Gasteiger charge is 2.23. The maximum Gasteiger partial charge on any atom is 0.160 e. The van der Waals surface area contributed by atoms with E-state index in [-0.39, 0.29) is 6.17 Å². The van der Waals surface area contributed by atoms with Crippen LogP contribution in [0.1, 0.15) is 22.9 Å². The van der Waals surface area contributed by atoms with E-state index in [0.29, 0.717) is 5.84 Å². The molecule has 7 aromatic carbocycles. The van der Waals surface area contributed by atoms with Crippen molar-refractivity contribution in [3.63, 3.8) is 0 Å². The van der Waals surface area contributed by atoms with Gasteiger partial charge in [0, 0.05) is 21.9 Å². The van der Waals surface area contributed by atoms with E-state index in [1.165, 1.54) is 22.3 Å². The Kier molecular flexibility index (Phi) is 7.17. The van der Waals surface area contributed by atoms with Gasteiger partial charge in [-0.15, -0.1) is 0 Å². The number of amidine groups is 2. The topological polar surface area (TPSA) is 49.9 Å². The molecule has 1 atom stereocenters. The van der Waals surface area contributed by atoms with Crippen LogP contribution in [0.5, 0.6) is 0 Å². The Morgan fingerprint density at radius 3 is 1.61 bits per heavy atom. The van der Waals surface area contributed by atoms with E-state index in [2.05, 4.69) is 139 Å². The summed E-state index contributed by atoms with van der Waals surface area (Å²) in [6, 6.07) is 61.0. The van der Waals surface area contributed by atoms with Gasteiger partial charge in [0.25, 0.3) is 0 Å². The second-order valence-electron chi connectivity index (χ2n) is 12.2. The molecule has 0 aliphatic carbocycles. The summed E-state index contributed by atoms with van der Waals surface area (Å²) in [5, 5.41) is 5.65. The molecule has 0 saturated heterocycles. The number of hydrogen-bond acceptors (Lipinski definition) is 4. The first-order valence-electron chi connectivity index (χ1n) is 16.5. The van der Waals surface area contributed by atoms with Crippen molar-refractivity contribution in [3.8, 4) is 33.4 Å². The van der Waals surface area contributed by atoms with Crippen LogP contribution in [0.15, 0.2) is 190 Å². The third-order valence-corrected chi connectivity index (χ3v) is 9.19. The van der Waals surface area contributed by atoms with E-state index < -0.39 is 0 Å². The van der Waals surface area contributed by atoms with Crippen LogP contribution >= 0.6 is 0 Å². The lowest BCUT2D eigenvalue weighted by Crippen LogP contribution is -2.33. The van der Waals surface area contributed by atoms with Crippen molar-refractivity contribution >= 4 is 33.6 Å². The lowest BCUT2D eigenvalue weighted by atomic mass is 9.98. The molecule has 1 aliphatic heterocycles. The first-order valence-corrected chi connectivity index (χ1v) is 16.5. The van der Waals surface area contributed by atoms with Crippen molar-refractivity contribution in [1.82, 2.24) is 5.32 Å². The zero-order chi connectivity index (χ0) is 32.6. The van der Waals surface area contributed by atoms with Crippen LogP contribution in [0.2, 0.25) is 0 Å². The van der Waals surface area contributed by atoms with Crippen molar-refractivity contribution in [2.45, 2.75) is 6.17 Å². The smallest absolute Gasteiger partial charge is 0.160 e. The van der Waals surface area contributed by atoms with E-state index >= 15 is 0 Å². The van der Waals surface area contributed by atoms with Crippen LogP contribution in [0.25, 0.3) is 55.3 Å². The minimum atomic E-state index is -0.314. The van der Waals surface area contributed by atoms with E-state index in [4.69, 9.17) is 14.4 Å². The fourth-order valence-electron chi connectivity index (χ4n) is 6.65. The number of nitrogens with zero attached hydrogens (tertiary/aromatic N) is 2. The van der Waals surface area contributed by atoms with E-state index in [1.54, 1.807) is 0 Å². The molecular formula is C45H31N3O. The minimum Gasteiger partial charge on any atom is -0.456 e. The number of hydrogen-bond donors (Lipinski definition) is 1. The highest BCUT2D eigenvalue weighted by Crippen LogP contribution is 2.36. The zero-order valence-corrected chi connectivity index (χ0v) is 26.6. The highest BCUT2D eigenvalue weighted by atomic mass is 16.3. The van der Waals surface area contributed by atoms with E-state index in [1.807, 2.05) is 42.5 Å². The first-order chi connectivity index (χ1) is 24.3. The molecule has 2 heterocycles. The minimum absolute atomic E-state index is 0.314. The van der Waals surface area contributed by atoms with Gasteiger partial charge in [-0.3, -0.25) is 0 Å². The van der Waals surface area contributed by atoms with Gasteiger partial charge in [-0.2, -0.15) is 0 Å². The molecule has 0 amide bonds. The largest absolute Gasteiger partial charge is 0.456 e. The van der Waals surface area contributed by atoms with Crippen LogP contribution in [-0.4, -0.2) is 11.7 Å². The van der Waals surface area contributed by atoms with Gasteiger partial charge in [0.15, 0.2) is 5.84 Å². The van der Waals surface area contributed by atoms with Gasteiger partial charge in [0.2, 0.25) is 0 Å². The second kappa shape index (κ2) is 12.3. The fourth-order valence-corrected chi connectivity index (χ4v) is 6.65. The molecular weight excluding hydrogens is 599 g/mol. The van der Waals surface area contributed by atoms with Gasteiger partial charge in [0.1, 0.15) is 23.2 Å². The Hall–Kier alpha value is -6.52. The van der Waals surface area contributed by atoms with Crippen LogP contribution in [0.3, 0.4) is 0 Å². The molecule has 0 saturated carbocycles. The standard InChI is InChI=1S/C45H31N3O/c1-4-11-30(12-5-1)32-19-21-34(22-20-32)37-27-28-38-41(29-37)49-40-18-10-17-39(42(38)40)45-47-43(35-15-8-3-9-16-35)46-44(48-45)36-25-23-33(24-26-36)31-13-6-2-7-14-31/h1-29,44H,(H,46,47,48). The predicted molar refractivity (Wildman–Crippen MR) is 202 cm³/mol. The predicted octanol–water partition coefficient (Wildman–Crippen LogP) is 11.1. The quantitative estimate of drug-likeness (QED) is 0.199. The summed E-state index contributed by atoms with van der Waals surface area (Å²) < 4.78 is 6.50. The molecule has 8 aromatic rings. The number of fused-ring (bicyclic) bond motifs is 3. The maximum absolute atomic E-state index is 6.50. The van der Waals surface area contributed by atoms with Gasteiger partial charge in [-0.1, -0.05) is 158 Å². The third-order valence-electron chi connectivity index (χ3n) is 9.19. The van der Waals surface area contributed by atoms with Crippen molar-refractivity contribution in [3.05, 3.63) is 193 Å². The highest BCUT2D eigenvalue weighted by molar-refractivity contribution is 6.22. The van der Waals surface area contributed by atoms with Crippen LogP contribution in [-0.2, 0) is 0 Å². The van der Waals surface area contributed by atoms with Crippen LogP contribution < -0.4 is 5.32 Å². The number of nitrogens with one attached hydrogen (secondary N) is 1. The molecule has 1 unspecified atom stereocenters. The lowest BCUT2D eigenvalue weighted by Gasteiger charge is -2.24. The Morgan fingerprint density at radius 1 is 0.449 bits per heavy atom. The maximum atomic E-state index is 6.50. The average Bonchev–Trinajstić information content (AvgIpc) is 3.57. The Bertz CT molecular complexity index is 2480.